The van der Waals surface area contributed by atoms with Gasteiger partial charge in [0.1, 0.15) is 0 Å². The number of hydrazine groups is 1. The van der Waals surface area contributed by atoms with Crippen LogP contribution in [0.2, 0.25) is 0 Å². The van der Waals surface area contributed by atoms with E-state index in [0.29, 0.717) is 0 Å². The normalized spacial score (nSPS) is 18.2. The highest BCUT2D eigenvalue weighted by molar-refractivity contribution is 7.11. The summed E-state index contributed by atoms with van der Waals surface area (Å²) >= 11 is 1.94. The van der Waals surface area contributed by atoms with Crippen LogP contribution in [0.3, 0.4) is 0 Å². The van der Waals surface area contributed by atoms with Gasteiger partial charge in [-0.15, -0.1) is 11.3 Å². The molecular formula is C10H16N2S. The standard InChI is InChI=1S/C10H16N2S/c1-2-9-4-5-10(13-9)8-12-7-3-6-11-12/h4-5,11H,2-3,6-8H2,1H3. The molecule has 0 amide bonds. The van der Waals surface area contributed by atoms with Gasteiger partial charge in [-0.05, 0) is 25.0 Å². The molecule has 0 aliphatic carbocycles. The van der Waals surface area contributed by atoms with Crippen LogP contribution in [0, 0.1) is 0 Å². The van der Waals surface area contributed by atoms with Gasteiger partial charge in [-0.2, -0.15) is 0 Å². The van der Waals surface area contributed by atoms with Crippen molar-refractivity contribution in [3.8, 4) is 0 Å². The topological polar surface area (TPSA) is 15.3 Å². The SMILES string of the molecule is CCc1ccc(CN2CCCN2)s1. The van der Waals surface area contributed by atoms with Gasteiger partial charge in [0.25, 0.3) is 0 Å². The monoisotopic (exact) mass is 196 g/mol. The molecule has 72 valence electrons. The highest BCUT2D eigenvalue weighted by atomic mass is 32.1. The number of rotatable bonds is 3. The molecule has 1 aliphatic rings. The van der Waals surface area contributed by atoms with E-state index in [0.717, 1.165) is 19.5 Å². The molecule has 1 N–H and O–H groups in total. The van der Waals surface area contributed by atoms with Crippen molar-refractivity contribution in [1.29, 1.82) is 0 Å². The van der Waals surface area contributed by atoms with E-state index in [1.54, 1.807) is 0 Å². The maximum atomic E-state index is 3.37. The van der Waals surface area contributed by atoms with Gasteiger partial charge in [-0.1, -0.05) is 6.92 Å². The number of hydrogen-bond donors (Lipinski definition) is 1. The summed E-state index contributed by atoms with van der Waals surface area (Å²) in [4.78, 5) is 2.97. The fraction of sp³-hybridized carbons (Fsp3) is 0.600. The molecule has 0 unspecified atom stereocenters. The first-order valence-electron chi connectivity index (χ1n) is 4.94. The molecule has 0 bridgehead atoms. The number of nitrogens with one attached hydrogen (secondary N) is 1. The molecule has 2 heterocycles. The lowest BCUT2D eigenvalue weighted by atomic mass is 10.3. The lowest BCUT2D eigenvalue weighted by Crippen LogP contribution is -2.29. The van der Waals surface area contributed by atoms with Crippen LogP contribution in [0.25, 0.3) is 0 Å². The summed E-state index contributed by atoms with van der Waals surface area (Å²) in [6.45, 7) is 5.62. The van der Waals surface area contributed by atoms with Crippen molar-refractivity contribution in [3.05, 3.63) is 21.9 Å². The summed E-state index contributed by atoms with van der Waals surface area (Å²) in [5.74, 6) is 0. The van der Waals surface area contributed by atoms with E-state index in [9.17, 15) is 0 Å². The molecule has 1 aliphatic heterocycles. The Balaban J connectivity index is 1.92. The van der Waals surface area contributed by atoms with Gasteiger partial charge in [0.15, 0.2) is 0 Å². The molecule has 1 aromatic heterocycles. The molecule has 2 rings (SSSR count). The Kier molecular flexibility index (Phi) is 2.98. The largest absolute Gasteiger partial charge is 0.255 e. The van der Waals surface area contributed by atoms with Crippen molar-refractivity contribution in [3.63, 3.8) is 0 Å². The van der Waals surface area contributed by atoms with Gasteiger partial charge in [0, 0.05) is 29.4 Å². The number of hydrogen-bond acceptors (Lipinski definition) is 3. The number of nitrogens with zero attached hydrogens (tertiary/aromatic N) is 1. The third-order valence-corrected chi connectivity index (χ3v) is 3.57. The molecule has 0 atom stereocenters. The number of aryl methyl sites for hydroxylation is 1. The maximum Gasteiger partial charge on any atom is 0.0475 e. The summed E-state index contributed by atoms with van der Waals surface area (Å²) in [6.07, 6.45) is 2.45. The summed E-state index contributed by atoms with van der Waals surface area (Å²) in [7, 11) is 0. The fourth-order valence-corrected chi connectivity index (χ4v) is 2.58. The lowest BCUT2D eigenvalue weighted by molar-refractivity contribution is 0.247. The first kappa shape index (κ1) is 9.19. The first-order valence-corrected chi connectivity index (χ1v) is 5.76. The Bertz CT molecular complexity index is 264. The predicted molar refractivity (Wildman–Crippen MR) is 56.7 cm³/mol. The maximum absolute atomic E-state index is 3.37. The minimum atomic E-state index is 1.07. The summed E-state index contributed by atoms with van der Waals surface area (Å²) < 4.78 is 0. The summed E-state index contributed by atoms with van der Waals surface area (Å²) in [5, 5.41) is 2.31. The smallest absolute Gasteiger partial charge is 0.0475 e. The molecular weight excluding hydrogens is 180 g/mol. The van der Waals surface area contributed by atoms with Gasteiger partial charge in [0.2, 0.25) is 0 Å². The van der Waals surface area contributed by atoms with Crippen LogP contribution in [-0.2, 0) is 13.0 Å². The highest BCUT2D eigenvalue weighted by Crippen LogP contribution is 2.18. The van der Waals surface area contributed by atoms with Crippen LogP contribution >= 0.6 is 11.3 Å². The summed E-state index contributed by atoms with van der Waals surface area (Å²) in [6, 6.07) is 4.50. The molecule has 1 saturated heterocycles. The molecule has 0 spiro atoms. The van der Waals surface area contributed by atoms with Gasteiger partial charge in [-0.3, -0.25) is 5.43 Å². The molecule has 0 aromatic carbocycles. The van der Waals surface area contributed by atoms with Crippen molar-refractivity contribution in [1.82, 2.24) is 10.4 Å². The van der Waals surface area contributed by atoms with Crippen LogP contribution in [0.5, 0.6) is 0 Å². The first-order chi connectivity index (χ1) is 6.38. The fourth-order valence-electron chi connectivity index (χ4n) is 1.61. The van der Waals surface area contributed by atoms with Crippen LogP contribution < -0.4 is 5.43 Å². The van der Waals surface area contributed by atoms with Crippen LogP contribution in [0.15, 0.2) is 12.1 Å². The quantitative estimate of drug-likeness (QED) is 0.795. The van der Waals surface area contributed by atoms with E-state index in [4.69, 9.17) is 0 Å². The molecule has 2 nitrogen and oxygen atoms in total. The Morgan fingerprint density at radius 1 is 1.46 bits per heavy atom. The highest BCUT2D eigenvalue weighted by Gasteiger charge is 2.11. The second-order valence-corrected chi connectivity index (χ2v) is 4.66. The van der Waals surface area contributed by atoms with Crippen molar-refractivity contribution >= 4 is 11.3 Å². The van der Waals surface area contributed by atoms with Crippen molar-refractivity contribution in [2.75, 3.05) is 13.1 Å². The third kappa shape index (κ3) is 2.30. The molecule has 1 fully saturated rings. The molecule has 1 aromatic rings. The minimum Gasteiger partial charge on any atom is -0.255 e. The number of thiophene rings is 1. The van der Waals surface area contributed by atoms with Gasteiger partial charge in [0.05, 0.1) is 0 Å². The van der Waals surface area contributed by atoms with Crippen LogP contribution in [-0.4, -0.2) is 18.1 Å². The molecule has 13 heavy (non-hydrogen) atoms. The van der Waals surface area contributed by atoms with Gasteiger partial charge >= 0.3 is 0 Å². The third-order valence-electron chi connectivity index (χ3n) is 2.35. The van der Waals surface area contributed by atoms with Crippen molar-refractivity contribution in [2.45, 2.75) is 26.3 Å². The van der Waals surface area contributed by atoms with Crippen molar-refractivity contribution < 1.29 is 0 Å². The van der Waals surface area contributed by atoms with E-state index in [1.807, 2.05) is 11.3 Å². The Hall–Kier alpha value is -0.380. The second kappa shape index (κ2) is 4.22. The predicted octanol–water partition coefficient (Wildman–Crippen LogP) is 2.02. The zero-order valence-corrected chi connectivity index (χ0v) is 8.86. The summed E-state index contributed by atoms with van der Waals surface area (Å²) in [5.41, 5.74) is 3.37. The average molecular weight is 196 g/mol. The van der Waals surface area contributed by atoms with Crippen LogP contribution in [0.1, 0.15) is 23.1 Å². The van der Waals surface area contributed by atoms with Gasteiger partial charge < -0.3 is 0 Å². The second-order valence-electron chi connectivity index (χ2n) is 3.40. The van der Waals surface area contributed by atoms with Crippen molar-refractivity contribution in [2.24, 2.45) is 0 Å². The van der Waals surface area contributed by atoms with E-state index in [1.165, 1.54) is 22.7 Å². The molecule has 3 heteroatoms. The molecule has 0 radical (unpaired) electrons. The lowest BCUT2D eigenvalue weighted by Gasteiger charge is -2.12. The van der Waals surface area contributed by atoms with E-state index in [2.05, 4.69) is 29.5 Å². The Morgan fingerprint density at radius 2 is 2.31 bits per heavy atom. The van der Waals surface area contributed by atoms with E-state index >= 15 is 0 Å². The van der Waals surface area contributed by atoms with E-state index < -0.39 is 0 Å². The average Bonchev–Trinajstić information content (AvgIpc) is 2.76. The Labute approximate surface area is 83.5 Å². The Morgan fingerprint density at radius 3 is 2.92 bits per heavy atom. The zero-order valence-electron chi connectivity index (χ0n) is 8.05. The molecule has 0 saturated carbocycles. The van der Waals surface area contributed by atoms with E-state index in [-0.39, 0.29) is 0 Å². The van der Waals surface area contributed by atoms with Gasteiger partial charge in [-0.25, -0.2) is 5.01 Å². The van der Waals surface area contributed by atoms with Crippen LogP contribution in [0.4, 0.5) is 0 Å². The zero-order chi connectivity index (χ0) is 9.10. The minimum absolute atomic E-state index is 1.07.